The van der Waals surface area contributed by atoms with Gasteiger partial charge < -0.3 is 0 Å². The molecule has 0 aromatic heterocycles. The minimum atomic E-state index is -3.94. The van der Waals surface area contributed by atoms with Gasteiger partial charge in [-0.1, -0.05) is 40.9 Å². The van der Waals surface area contributed by atoms with Gasteiger partial charge in [0.2, 0.25) is 0 Å². The van der Waals surface area contributed by atoms with Crippen LogP contribution >= 0.6 is 23.2 Å². The maximum absolute atomic E-state index is 12.1. The minimum Gasteiger partial charge on any atom is -0.273 e. The molecule has 0 fully saturated rings. The number of benzene rings is 2. The molecular weight excluding hydrogens is 347 g/mol. The molecule has 0 radical (unpaired) electrons. The van der Waals surface area contributed by atoms with Gasteiger partial charge in [-0.05, 0) is 37.3 Å². The third kappa shape index (κ3) is 3.98. The third-order valence-corrected chi connectivity index (χ3v) is 4.80. The Bertz CT molecular complexity index is 805. The smallest absolute Gasteiger partial charge is 0.266 e. The van der Waals surface area contributed by atoms with E-state index in [1.165, 1.54) is 18.2 Å². The molecule has 2 rings (SSSR count). The van der Waals surface area contributed by atoms with Gasteiger partial charge >= 0.3 is 0 Å². The molecule has 0 aliphatic rings. The third-order valence-electron chi connectivity index (χ3n) is 2.81. The van der Waals surface area contributed by atoms with Crippen molar-refractivity contribution in [2.75, 3.05) is 0 Å². The first-order valence-electron chi connectivity index (χ1n) is 6.13. The van der Waals surface area contributed by atoms with Gasteiger partial charge in [-0.15, -0.1) is 4.83 Å². The second-order valence-electron chi connectivity index (χ2n) is 4.50. The fraction of sp³-hybridized carbons (Fsp3) is 0.0714. The Hall–Kier alpha value is -1.60. The molecule has 0 heterocycles. The van der Waals surface area contributed by atoms with E-state index in [4.69, 9.17) is 23.2 Å². The van der Waals surface area contributed by atoms with Crippen molar-refractivity contribution in [2.24, 2.45) is 0 Å². The Labute approximate surface area is 138 Å². The van der Waals surface area contributed by atoms with Crippen molar-refractivity contribution < 1.29 is 13.2 Å². The first kappa shape index (κ1) is 16.8. The monoisotopic (exact) mass is 358 g/mol. The summed E-state index contributed by atoms with van der Waals surface area (Å²) in [4.78, 5) is 13.8. The zero-order valence-electron chi connectivity index (χ0n) is 11.4. The first-order valence-corrected chi connectivity index (χ1v) is 8.37. The summed E-state index contributed by atoms with van der Waals surface area (Å²) in [6.45, 7) is 1.88. The Balaban J connectivity index is 2.10. The van der Waals surface area contributed by atoms with E-state index < -0.39 is 15.9 Å². The lowest BCUT2D eigenvalue weighted by Gasteiger charge is -2.09. The number of amides is 1. The Kier molecular flexibility index (Phi) is 5.08. The van der Waals surface area contributed by atoms with E-state index in [0.717, 1.165) is 5.56 Å². The van der Waals surface area contributed by atoms with Crippen molar-refractivity contribution >= 4 is 39.1 Å². The second kappa shape index (κ2) is 6.66. The van der Waals surface area contributed by atoms with Crippen LogP contribution < -0.4 is 10.3 Å². The number of nitrogens with one attached hydrogen (secondary N) is 2. The molecule has 2 aromatic carbocycles. The molecule has 8 heteroatoms. The van der Waals surface area contributed by atoms with Crippen LogP contribution in [0.4, 0.5) is 0 Å². The predicted octanol–water partition coefficient (Wildman–Crippen LogP) is 2.93. The molecule has 0 unspecified atom stereocenters. The lowest BCUT2D eigenvalue weighted by atomic mass is 10.1. The minimum absolute atomic E-state index is 0.105. The number of hydrogen-bond acceptors (Lipinski definition) is 3. The zero-order valence-corrected chi connectivity index (χ0v) is 13.8. The SMILES string of the molecule is Cc1ccc(C(=O)NNS(=O)(=O)c2ccc(Cl)c(Cl)c2)cc1. The molecule has 116 valence electrons. The van der Waals surface area contributed by atoms with E-state index in [1.54, 1.807) is 24.3 Å². The average molecular weight is 359 g/mol. The number of aryl methyl sites for hydroxylation is 1. The quantitative estimate of drug-likeness (QED) is 0.825. The maximum Gasteiger partial charge on any atom is 0.266 e. The summed E-state index contributed by atoms with van der Waals surface area (Å²) >= 11 is 11.5. The number of hydrogen-bond donors (Lipinski definition) is 2. The summed E-state index contributed by atoms with van der Waals surface area (Å²) in [7, 11) is -3.94. The number of carbonyl (C=O) groups is 1. The summed E-state index contributed by atoms with van der Waals surface area (Å²) < 4.78 is 24.1. The molecule has 0 aliphatic heterocycles. The molecule has 0 spiro atoms. The largest absolute Gasteiger partial charge is 0.273 e. The van der Waals surface area contributed by atoms with Crippen molar-refractivity contribution in [3.05, 3.63) is 63.6 Å². The highest BCUT2D eigenvalue weighted by atomic mass is 35.5. The van der Waals surface area contributed by atoms with Gasteiger partial charge in [0, 0.05) is 5.56 Å². The van der Waals surface area contributed by atoms with Gasteiger partial charge in [0.15, 0.2) is 0 Å². The summed E-state index contributed by atoms with van der Waals surface area (Å²) in [6.07, 6.45) is 0. The molecule has 0 saturated carbocycles. The van der Waals surface area contributed by atoms with Crippen LogP contribution in [-0.4, -0.2) is 14.3 Å². The van der Waals surface area contributed by atoms with Gasteiger partial charge in [-0.3, -0.25) is 10.2 Å². The van der Waals surface area contributed by atoms with Crippen LogP contribution in [0.3, 0.4) is 0 Å². The molecule has 22 heavy (non-hydrogen) atoms. The zero-order chi connectivity index (χ0) is 16.3. The lowest BCUT2D eigenvalue weighted by Crippen LogP contribution is -2.41. The highest BCUT2D eigenvalue weighted by molar-refractivity contribution is 7.89. The average Bonchev–Trinajstić information content (AvgIpc) is 2.48. The van der Waals surface area contributed by atoms with Gasteiger partial charge in [0.05, 0.1) is 14.9 Å². The molecule has 1 amide bonds. The van der Waals surface area contributed by atoms with Crippen LogP contribution in [0.5, 0.6) is 0 Å². The standard InChI is InChI=1S/C14H12Cl2N2O3S/c1-9-2-4-10(5-3-9)14(19)17-18-22(20,21)11-6-7-12(15)13(16)8-11/h2-8,18H,1H3,(H,17,19). The Morgan fingerprint density at radius 1 is 1.00 bits per heavy atom. The van der Waals surface area contributed by atoms with E-state index >= 15 is 0 Å². The fourth-order valence-corrected chi connectivity index (χ4v) is 2.82. The highest BCUT2D eigenvalue weighted by Gasteiger charge is 2.17. The number of hydrazine groups is 1. The van der Waals surface area contributed by atoms with E-state index in [1.807, 2.05) is 11.8 Å². The van der Waals surface area contributed by atoms with Crippen molar-refractivity contribution in [3.8, 4) is 0 Å². The van der Waals surface area contributed by atoms with Crippen LogP contribution in [0.1, 0.15) is 15.9 Å². The van der Waals surface area contributed by atoms with E-state index in [-0.39, 0.29) is 14.9 Å². The Morgan fingerprint density at radius 3 is 2.23 bits per heavy atom. The Morgan fingerprint density at radius 2 is 1.64 bits per heavy atom. The molecule has 2 aromatic rings. The van der Waals surface area contributed by atoms with Crippen molar-refractivity contribution in [1.82, 2.24) is 10.3 Å². The molecule has 0 atom stereocenters. The highest BCUT2D eigenvalue weighted by Crippen LogP contribution is 2.24. The molecule has 2 N–H and O–H groups in total. The molecule has 0 aliphatic carbocycles. The fourth-order valence-electron chi connectivity index (χ4n) is 1.59. The summed E-state index contributed by atoms with van der Waals surface area (Å²) in [5, 5.41) is 0.346. The molecular formula is C14H12Cl2N2O3S. The number of carbonyl (C=O) groups excluding carboxylic acids is 1. The normalized spacial score (nSPS) is 11.2. The number of sulfonamides is 1. The molecule has 5 nitrogen and oxygen atoms in total. The summed E-state index contributed by atoms with van der Waals surface area (Å²) in [5.74, 6) is -0.566. The van der Waals surface area contributed by atoms with Gasteiger partial charge in [-0.25, -0.2) is 8.42 Å². The van der Waals surface area contributed by atoms with Crippen LogP contribution in [0, 0.1) is 6.92 Å². The van der Waals surface area contributed by atoms with Crippen LogP contribution in [-0.2, 0) is 10.0 Å². The van der Waals surface area contributed by atoms with Crippen molar-refractivity contribution in [2.45, 2.75) is 11.8 Å². The first-order chi connectivity index (χ1) is 10.3. The predicted molar refractivity (Wildman–Crippen MR) is 85.4 cm³/mol. The number of rotatable bonds is 4. The number of halogens is 2. The summed E-state index contributed by atoms with van der Waals surface area (Å²) in [6, 6.07) is 10.5. The van der Waals surface area contributed by atoms with Crippen molar-refractivity contribution in [3.63, 3.8) is 0 Å². The maximum atomic E-state index is 12.1. The van der Waals surface area contributed by atoms with Crippen LogP contribution in [0.15, 0.2) is 47.4 Å². The van der Waals surface area contributed by atoms with Crippen LogP contribution in [0.25, 0.3) is 0 Å². The van der Waals surface area contributed by atoms with Crippen molar-refractivity contribution in [1.29, 1.82) is 0 Å². The van der Waals surface area contributed by atoms with Gasteiger partial charge in [0.25, 0.3) is 15.9 Å². The lowest BCUT2D eigenvalue weighted by molar-refractivity contribution is 0.0945. The molecule has 0 saturated heterocycles. The van der Waals surface area contributed by atoms with E-state index in [0.29, 0.717) is 5.56 Å². The van der Waals surface area contributed by atoms with Gasteiger partial charge in [0.1, 0.15) is 0 Å². The summed E-state index contributed by atoms with van der Waals surface area (Å²) in [5.41, 5.74) is 3.47. The van der Waals surface area contributed by atoms with Crippen LogP contribution in [0.2, 0.25) is 10.0 Å². The molecule has 0 bridgehead atoms. The van der Waals surface area contributed by atoms with E-state index in [2.05, 4.69) is 5.43 Å². The topological polar surface area (TPSA) is 75.3 Å². The second-order valence-corrected chi connectivity index (χ2v) is 7.00. The van der Waals surface area contributed by atoms with E-state index in [9.17, 15) is 13.2 Å². The van der Waals surface area contributed by atoms with Gasteiger partial charge in [-0.2, -0.15) is 0 Å².